The number of hydrogen-bond donors (Lipinski definition) is 1. The Morgan fingerprint density at radius 3 is 2.26 bits per heavy atom. The van der Waals surface area contributed by atoms with Gasteiger partial charge in [0.05, 0.1) is 17.7 Å². The minimum Gasteiger partial charge on any atom is -0.462 e. The zero-order chi connectivity index (χ0) is 22.4. The van der Waals surface area contributed by atoms with Gasteiger partial charge in [0.15, 0.2) is 5.30 Å². The van der Waals surface area contributed by atoms with Gasteiger partial charge in [-0.1, -0.05) is 22.8 Å². The van der Waals surface area contributed by atoms with Crippen LogP contribution in [0.4, 0.5) is 11.4 Å². The van der Waals surface area contributed by atoms with Gasteiger partial charge in [0.2, 0.25) is 5.30 Å². The van der Waals surface area contributed by atoms with Crippen molar-refractivity contribution in [3.63, 3.8) is 0 Å². The number of ether oxygens (including phenoxy) is 1. The minimum atomic E-state index is -1.94. The van der Waals surface area contributed by atoms with Crippen LogP contribution in [0.25, 0.3) is 0 Å². The number of carbonyl (C=O) groups is 2. The number of carbonyl (C=O) groups excluding carboxylic acids is 2. The Labute approximate surface area is 182 Å². The zero-order valence-corrected chi connectivity index (χ0v) is 18.6. The second-order valence-electron chi connectivity index (χ2n) is 6.98. The van der Waals surface area contributed by atoms with E-state index in [9.17, 15) is 14.2 Å². The molecule has 0 bridgehead atoms. The van der Waals surface area contributed by atoms with Gasteiger partial charge in [0, 0.05) is 25.5 Å². The molecule has 0 aliphatic rings. The van der Waals surface area contributed by atoms with Crippen molar-refractivity contribution < 1.29 is 18.9 Å². The predicted molar refractivity (Wildman–Crippen MR) is 124 cm³/mol. The highest BCUT2D eigenvalue weighted by Gasteiger charge is 2.30. The van der Waals surface area contributed by atoms with Crippen molar-refractivity contribution in [2.75, 3.05) is 30.9 Å². The summed E-state index contributed by atoms with van der Waals surface area (Å²) in [6, 6.07) is 20.8. The lowest BCUT2D eigenvalue weighted by Gasteiger charge is -2.14. The van der Waals surface area contributed by atoms with Crippen molar-refractivity contribution in [1.29, 1.82) is 0 Å². The summed E-state index contributed by atoms with van der Waals surface area (Å²) in [5.41, 5.74) is 2.09. The smallest absolute Gasteiger partial charge is 0.416 e. The molecule has 7 heteroatoms. The van der Waals surface area contributed by atoms with E-state index >= 15 is 0 Å². The molecule has 1 unspecified atom stereocenters. The molecule has 3 aromatic carbocycles. The van der Waals surface area contributed by atoms with E-state index in [4.69, 9.17) is 4.74 Å². The van der Waals surface area contributed by atoms with Crippen molar-refractivity contribution in [3.8, 4) is 0 Å². The molecule has 0 saturated carbocycles. The number of amides is 1. The van der Waals surface area contributed by atoms with E-state index in [2.05, 4.69) is 5.32 Å². The third-order valence-electron chi connectivity index (χ3n) is 4.60. The Balaban J connectivity index is 1.91. The molecule has 0 aliphatic heterocycles. The normalized spacial score (nSPS) is 10.9. The Bertz CT molecular complexity index is 1100. The number of nitrogens with one attached hydrogen (secondary N) is 1. The monoisotopic (exact) mass is 435 g/mol. The van der Waals surface area contributed by atoms with Crippen LogP contribution in [-0.4, -0.2) is 32.6 Å². The molecule has 3 aromatic rings. The maximum atomic E-state index is 13.2. The molecule has 158 valence electrons. The Morgan fingerprint density at radius 1 is 0.968 bits per heavy atom. The third kappa shape index (κ3) is 5.36. The summed E-state index contributed by atoms with van der Waals surface area (Å²) in [6.45, 7) is 2.04. The summed E-state index contributed by atoms with van der Waals surface area (Å²) in [6.07, 6.45) is 0. The molecule has 0 heterocycles. The van der Waals surface area contributed by atoms with Crippen LogP contribution in [-0.2, 0) is 9.30 Å². The van der Waals surface area contributed by atoms with Gasteiger partial charge >= 0.3 is 13.8 Å². The lowest BCUT2D eigenvalue weighted by Crippen LogP contribution is -2.23. The summed E-state index contributed by atoms with van der Waals surface area (Å²) in [5, 5.41) is 3.95. The summed E-state index contributed by atoms with van der Waals surface area (Å²) in [4.78, 5) is 26.8. The van der Waals surface area contributed by atoms with Gasteiger partial charge in [-0.3, -0.25) is 4.79 Å². The van der Waals surface area contributed by atoms with Crippen LogP contribution >= 0.6 is 7.80 Å². The van der Waals surface area contributed by atoms with Gasteiger partial charge in [-0.15, -0.1) is 0 Å². The number of esters is 1. The maximum absolute atomic E-state index is 13.2. The van der Waals surface area contributed by atoms with Crippen molar-refractivity contribution in [2.45, 2.75) is 6.92 Å². The number of nitrogens with zero attached hydrogens (tertiary/aromatic N) is 1. The molecule has 0 aliphatic carbocycles. The largest absolute Gasteiger partial charge is 0.462 e. The molecule has 0 fully saturated rings. The van der Waals surface area contributed by atoms with Crippen LogP contribution in [0.1, 0.15) is 27.6 Å². The first-order chi connectivity index (χ1) is 14.9. The minimum absolute atomic E-state index is 0.294. The highest BCUT2D eigenvalue weighted by Crippen LogP contribution is 2.25. The fraction of sp³-hybridized carbons (Fsp3) is 0.167. The van der Waals surface area contributed by atoms with E-state index in [0.29, 0.717) is 34.0 Å². The lowest BCUT2D eigenvalue weighted by atomic mass is 10.1. The molecule has 0 radical (unpaired) electrons. The first-order valence-corrected chi connectivity index (χ1v) is 11.1. The third-order valence-corrected chi connectivity index (χ3v) is 6.20. The molecular weight excluding hydrogens is 411 g/mol. The summed E-state index contributed by atoms with van der Waals surface area (Å²) >= 11 is 0. The fourth-order valence-corrected chi connectivity index (χ4v) is 4.28. The lowest BCUT2D eigenvalue weighted by molar-refractivity contribution is 0.0526. The standard InChI is InChI=1S/C24H23N2O4P/c1-4-30-24(28)17-10-12-18(13-11-17)25-23(27)21-16-19(26(2)3)14-15-22(21)31(29)20-8-6-5-7-9-20/h5-16H,4H2,1-3H3/p+1. The highest BCUT2D eigenvalue weighted by atomic mass is 31.1. The van der Waals surface area contributed by atoms with Gasteiger partial charge in [-0.05, 0) is 61.5 Å². The molecule has 1 amide bonds. The van der Waals surface area contributed by atoms with Crippen LogP contribution in [0.15, 0.2) is 72.8 Å². The molecule has 1 N–H and O–H groups in total. The summed E-state index contributed by atoms with van der Waals surface area (Å²) in [5.74, 6) is -0.789. The topological polar surface area (TPSA) is 75.7 Å². The van der Waals surface area contributed by atoms with Crippen molar-refractivity contribution in [2.24, 2.45) is 0 Å². The molecule has 1 atom stereocenters. The number of anilines is 2. The van der Waals surface area contributed by atoms with Crippen LogP contribution in [0, 0.1) is 0 Å². The van der Waals surface area contributed by atoms with E-state index < -0.39 is 13.8 Å². The molecule has 6 nitrogen and oxygen atoms in total. The summed E-state index contributed by atoms with van der Waals surface area (Å²) < 4.78 is 18.2. The highest BCUT2D eigenvalue weighted by molar-refractivity contribution is 7.61. The SMILES string of the molecule is CCOC(=O)c1ccc(NC(=O)c2cc(N(C)C)ccc2[P+](=O)c2ccccc2)cc1. The average molecular weight is 435 g/mol. The van der Waals surface area contributed by atoms with Crippen molar-refractivity contribution >= 4 is 41.7 Å². The van der Waals surface area contributed by atoms with Crippen LogP contribution < -0.4 is 20.8 Å². The van der Waals surface area contributed by atoms with E-state index in [1.165, 1.54) is 0 Å². The fourth-order valence-electron chi connectivity index (χ4n) is 2.97. The molecular formula is C24H24N2O4P+. The van der Waals surface area contributed by atoms with Crippen LogP contribution in [0.3, 0.4) is 0 Å². The van der Waals surface area contributed by atoms with E-state index in [1.807, 2.05) is 43.3 Å². The number of rotatable bonds is 7. The molecule has 0 aromatic heterocycles. The van der Waals surface area contributed by atoms with E-state index in [0.717, 1.165) is 5.69 Å². The average Bonchev–Trinajstić information content (AvgIpc) is 2.79. The predicted octanol–water partition coefficient (Wildman–Crippen LogP) is 3.96. The number of hydrogen-bond acceptors (Lipinski definition) is 5. The molecule has 0 spiro atoms. The zero-order valence-electron chi connectivity index (χ0n) is 17.7. The van der Waals surface area contributed by atoms with Crippen molar-refractivity contribution in [3.05, 3.63) is 83.9 Å². The van der Waals surface area contributed by atoms with Crippen molar-refractivity contribution in [1.82, 2.24) is 0 Å². The number of benzene rings is 3. The van der Waals surface area contributed by atoms with E-state index in [1.54, 1.807) is 55.5 Å². The maximum Gasteiger partial charge on any atom is 0.416 e. The second kappa shape index (κ2) is 10.0. The first kappa shape index (κ1) is 22.2. The van der Waals surface area contributed by atoms with Gasteiger partial charge in [-0.2, -0.15) is 0 Å². The molecule has 3 rings (SSSR count). The summed E-state index contributed by atoms with van der Waals surface area (Å²) in [7, 11) is 1.82. The van der Waals surface area contributed by atoms with Gasteiger partial charge in [0.1, 0.15) is 0 Å². The quantitative estimate of drug-likeness (QED) is 0.449. The van der Waals surface area contributed by atoms with Gasteiger partial charge < -0.3 is 15.0 Å². The molecule has 0 saturated heterocycles. The van der Waals surface area contributed by atoms with Crippen LogP contribution in [0.5, 0.6) is 0 Å². The second-order valence-corrected chi connectivity index (χ2v) is 8.56. The first-order valence-electron chi connectivity index (χ1n) is 9.83. The van der Waals surface area contributed by atoms with Gasteiger partial charge in [-0.25, -0.2) is 4.79 Å². The van der Waals surface area contributed by atoms with Crippen LogP contribution in [0.2, 0.25) is 0 Å². The van der Waals surface area contributed by atoms with E-state index in [-0.39, 0.29) is 5.91 Å². The molecule has 31 heavy (non-hydrogen) atoms. The van der Waals surface area contributed by atoms with Gasteiger partial charge in [0.25, 0.3) is 5.91 Å². The Morgan fingerprint density at radius 2 is 1.65 bits per heavy atom. The Kier molecular flexibility index (Phi) is 7.16. The Hall–Kier alpha value is -3.50.